The second-order valence-corrected chi connectivity index (χ2v) is 6.70. The van der Waals surface area contributed by atoms with Crippen LogP contribution in [0.4, 0.5) is 4.79 Å². The average molecular weight is 384 g/mol. The van der Waals surface area contributed by atoms with Crippen LogP contribution in [0, 0.1) is 5.92 Å². The Labute approximate surface area is 158 Å². The van der Waals surface area contributed by atoms with Gasteiger partial charge in [-0.05, 0) is 5.92 Å². The van der Waals surface area contributed by atoms with E-state index in [9.17, 15) is 24.0 Å². The molecule has 0 bridgehead atoms. The first-order valence-electron chi connectivity index (χ1n) is 8.95. The first kappa shape index (κ1) is 22.4. The Balaban J connectivity index is 2.19. The lowest BCUT2D eigenvalue weighted by molar-refractivity contribution is -0.150. The van der Waals surface area contributed by atoms with Gasteiger partial charge in [-0.1, -0.05) is 13.8 Å². The van der Waals surface area contributed by atoms with Crippen molar-refractivity contribution in [2.24, 2.45) is 5.92 Å². The molecule has 0 aromatic carbocycles. The summed E-state index contributed by atoms with van der Waals surface area (Å²) < 4.78 is 4.76. The fourth-order valence-corrected chi connectivity index (χ4v) is 2.36. The smallest absolute Gasteiger partial charge is 0.321 e. The molecule has 5 amide bonds. The lowest BCUT2D eigenvalue weighted by Crippen LogP contribution is -2.50. The number of carbonyl (C=O) groups excluding carboxylic acids is 5. The molecule has 0 aromatic rings. The number of imide groups is 1. The van der Waals surface area contributed by atoms with Gasteiger partial charge < -0.3 is 19.9 Å². The zero-order valence-electron chi connectivity index (χ0n) is 16.1. The van der Waals surface area contributed by atoms with Crippen LogP contribution in [0.15, 0.2) is 0 Å². The van der Waals surface area contributed by atoms with Gasteiger partial charge in [0.15, 0.2) is 6.61 Å². The highest BCUT2D eigenvalue weighted by atomic mass is 16.5. The summed E-state index contributed by atoms with van der Waals surface area (Å²) in [4.78, 5) is 61.1. The SMILES string of the molecule is CC(=O)N1CCN(C(=O)CCC(=O)OCC(=O)NC(=O)NCC(C)C)CC1. The third-order valence-electron chi connectivity index (χ3n) is 3.91. The monoisotopic (exact) mass is 384 g/mol. The average Bonchev–Trinajstić information content (AvgIpc) is 2.62. The lowest BCUT2D eigenvalue weighted by Gasteiger charge is -2.34. The topological polar surface area (TPSA) is 125 Å². The van der Waals surface area contributed by atoms with Crippen molar-refractivity contribution >= 4 is 29.7 Å². The Hall–Kier alpha value is -2.65. The Kier molecular flexibility index (Phi) is 9.24. The third-order valence-corrected chi connectivity index (χ3v) is 3.91. The molecule has 0 radical (unpaired) electrons. The standard InChI is InChI=1S/C17H28N4O6/c1-12(2)10-18-17(26)19-14(23)11-27-16(25)5-4-15(24)21-8-6-20(7-9-21)13(3)22/h12H,4-11H2,1-3H3,(H2,18,19,23,26). The molecule has 1 fully saturated rings. The summed E-state index contributed by atoms with van der Waals surface area (Å²) >= 11 is 0. The van der Waals surface area contributed by atoms with Crippen molar-refractivity contribution in [1.82, 2.24) is 20.4 Å². The van der Waals surface area contributed by atoms with Gasteiger partial charge in [0.25, 0.3) is 5.91 Å². The maximum absolute atomic E-state index is 12.1. The molecular formula is C17H28N4O6. The van der Waals surface area contributed by atoms with Crippen molar-refractivity contribution in [3.8, 4) is 0 Å². The minimum atomic E-state index is -0.740. The number of nitrogens with zero attached hydrogens (tertiary/aromatic N) is 2. The summed E-state index contributed by atoms with van der Waals surface area (Å²) in [6.45, 7) is 6.96. The van der Waals surface area contributed by atoms with Crippen LogP contribution in [0.3, 0.4) is 0 Å². The Morgan fingerprint density at radius 2 is 1.56 bits per heavy atom. The van der Waals surface area contributed by atoms with Gasteiger partial charge in [-0.2, -0.15) is 0 Å². The Morgan fingerprint density at radius 3 is 2.11 bits per heavy atom. The fraction of sp³-hybridized carbons (Fsp3) is 0.706. The molecule has 10 heteroatoms. The number of urea groups is 1. The molecule has 1 saturated heterocycles. The summed E-state index contributed by atoms with van der Waals surface area (Å²) in [6.07, 6.45) is -0.187. The molecule has 2 N–H and O–H groups in total. The maximum Gasteiger partial charge on any atom is 0.321 e. The Bertz CT molecular complexity index is 570. The predicted octanol–water partition coefficient (Wildman–Crippen LogP) is -0.518. The molecule has 27 heavy (non-hydrogen) atoms. The van der Waals surface area contributed by atoms with Gasteiger partial charge in [0.2, 0.25) is 11.8 Å². The van der Waals surface area contributed by atoms with Crippen molar-refractivity contribution in [3.63, 3.8) is 0 Å². The first-order valence-corrected chi connectivity index (χ1v) is 8.95. The van der Waals surface area contributed by atoms with Crippen LogP contribution in [0.5, 0.6) is 0 Å². The molecule has 0 atom stereocenters. The maximum atomic E-state index is 12.1. The molecule has 0 aliphatic carbocycles. The van der Waals surface area contributed by atoms with E-state index in [4.69, 9.17) is 4.74 Å². The van der Waals surface area contributed by atoms with E-state index < -0.39 is 24.5 Å². The fourth-order valence-electron chi connectivity index (χ4n) is 2.36. The van der Waals surface area contributed by atoms with Gasteiger partial charge in [-0.15, -0.1) is 0 Å². The van der Waals surface area contributed by atoms with E-state index in [-0.39, 0.29) is 30.6 Å². The molecule has 1 heterocycles. The molecule has 0 unspecified atom stereocenters. The number of rotatable bonds is 7. The van der Waals surface area contributed by atoms with Crippen molar-refractivity contribution in [3.05, 3.63) is 0 Å². The zero-order valence-corrected chi connectivity index (χ0v) is 16.1. The Morgan fingerprint density at radius 1 is 0.963 bits per heavy atom. The summed E-state index contributed by atoms with van der Waals surface area (Å²) in [7, 11) is 0. The van der Waals surface area contributed by atoms with Crippen molar-refractivity contribution in [2.45, 2.75) is 33.6 Å². The minimum Gasteiger partial charge on any atom is -0.456 e. The quantitative estimate of drug-likeness (QED) is 0.569. The molecule has 1 aliphatic rings. The van der Waals surface area contributed by atoms with Crippen LogP contribution in [0.2, 0.25) is 0 Å². The van der Waals surface area contributed by atoms with E-state index in [2.05, 4.69) is 5.32 Å². The molecule has 0 aromatic heterocycles. The highest BCUT2D eigenvalue weighted by Gasteiger charge is 2.23. The van der Waals surface area contributed by atoms with Gasteiger partial charge in [-0.25, -0.2) is 4.79 Å². The van der Waals surface area contributed by atoms with E-state index in [0.29, 0.717) is 32.7 Å². The van der Waals surface area contributed by atoms with Crippen LogP contribution in [-0.4, -0.2) is 78.9 Å². The van der Waals surface area contributed by atoms with Crippen LogP contribution in [0.25, 0.3) is 0 Å². The molecular weight excluding hydrogens is 356 g/mol. The second-order valence-electron chi connectivity index (χ2n) is 6.70. The van der Waals surface area contributed by atoms with E-state index in [1.165, 1.54) is 6.92 Å². The number of nitrogens with one attached hydrogen (secondary N) is 2. The molecule has 10 nitrogen and oxygen atoms in total. The van der Waals surface area contributed by atoms with E-state index in [0.717, 1.165) is 0 Å². The van der Waals surface area contributed by atoms with Gasteiger partial charge in [0.1, 0.15) is 0 Å². The van der Waals surface area contributed by atoms with E-state index in [1.54, 1.807) is 9.80 Å². The van der Waals surface area contributed by atoms with E-state index >= 15 is 0 Å². The summed E-state index contributed by atoms with van der Waals surface area (Å²) in [6, 6.07) is -0.648. The van der Waals surface area contributed by atoms with Crippen LogP contribution < -0.4 is 10.6 Å². The number of piperazine rings is 1. The number of esters is 1. The first-order chi connectivity index (χ1) is 12.7. The second kappa shape index (κ2) is 11.1. The van der Waals surface area contributed by atoms with Gasteiger partial charge in [-0.3, -0.25) is 24.5 Å². The molecule has 0 spiro atoms. The van der Waals surface area contributed by atoms with Crippen molar-refractivity contribution in [2.75, 3.05) is 39.3 Å². The summed E-state index contributed by atoms with van der Waals surface area (Å²) in [5.74, 6) is -1.42. The normalized spacial score (nSPS) is 13.9. The lowest BCUT2D eigenvalue weighted by atomic mass is 10.2. The molecule has 152 valence electrons. The largest absolute Gasteiger partial charge is 0.456 e. The summed E-state index contributed by atoms with van der Waals surface area (Å²) in [5.41, 5.74) is 0. The predicted molar refractivity (Wildman–Crippen MR) is 95.4 cm³/mol. The minimum absolute atomic E-state index is 0.0261. The summed E-state index contributed by atoms with van der Waals surface area (Å²) in [5, 5.41) is 4.55. The highest BCUT2D eigenvalue weighted by molar-refractivity contribution is 5.95. The molecule has 1 aliphatic heterocycles. The molecule has 0 saturated carbocycles. The number of carbonyl (C=O) groups is 5. The third kappa shape index (κ3) is 9.02. The number of amides is 5. The van der Waals surface area contributed by atoms with Crippen molar-refractivity contribution < 1.29 is 28.7 Å². The van der Waals surface area contributed by atoms with Crippen LogP contribution >= 0.6 is 0 Å². The number of hydrogen-bond acceptors (Lipinski definition) is 6. The number of hydrogen-bond donors (Lipinski definition) is 2. The zero-order chi connectivity index (χ0) is 20.4. The van der Waals surface area contributed by atoms with Crippen LogP contribution in [-0.2, 0) is 23.9 Å². The number of ether oxygens (including phenoxy) is 1. The van der Waals surface area contributed by atoms with Gasteiger partial charge in [0, 0.05) is 46.1 Å². The van der Waals surface area contributed by atoms with Gasteiger partial charge in [0.05, 0.1) is 6.42 Å². The van der Waals surface area contributed by atoms with E-state index in [1.807, 2.05) is 19.2 Å². The van der Waals surface area contributed by atoms with Crippen LogP contribution in [0.1, 0.15) is 33.6 Å². The van der Waals surface area contributed by atoms with Crippen molar-refractivity contribution in [1.29, 1.82) is 0 Å². The van der Waals surface area contributed by atoms with Gasteiger partial charge >= 0.3 is 12.0 Å². The highest BCUT2D eigenvalue weighted by Crippen LogP contribution is 2.06. The molecule has 1 rings (SSSR count).